The van der Waals surface area contributed by atoms with Crippen molar-refractivity contribution in [3.05, 3.63) is 0 Å². The van der Waals surface area contributed by atoms with E-state index in [0.717, 1.165) is 19.3 Å². The predicted octanol–water partition coefficient (Wildman–Crippen LogP) is 6.41. The number of carbonyl (C=O) groups excluding carboxylic acids is 1. The largest absolute Gasteiger partial charge is 0.335 e. The van der Waals surface area contributed by atoms with Gasteiger partial charge in [0.1, 0.15) is 5.71 Å². The quantitative estimate of drug-likeness (QED) is 0.119. The van der Waals surface area contributed by atoms with Gasteiger partial charge in [-0.15, -0.1) is 0 Å². The predicted molar refractivity (Wildman–Crippen MR) is 96.4 cm³/mol. The highest BCUT2D eigenvalue weighted by Crippen LogP contribution is 2.16. The van der Waals surface area contributed by atoms with Crippen molar-refractivity contribution >= 4 is 58.1 Å². The topological polar surface area (TPSA) is 38.7 Å². The number of halogens is 4. The first-order valence-corrected chi connectivity index (χ1v) is 9.57. The molecule has 0 aliphatic rings. The van der Waals surface area contributed by atoms with E-state index in [1.54, 1.807) is 0 Å². The van der Waals surface area contributed by atoms with Crippen LogP contribution in [0.15, 0.2) is 5.16 Å². The molecule has 0 unspecified atom stereocenters. The molecule has 0 aliphatic heterocycles. The van der Waals surface area contributed by atoms with Crippen LogP contribution in [0.4, 0.5) is 0 Å². The minimum Gasteiger partial charge on any atom is -0.318 e. The molecule has 0 bridgehead atoms. The van der Waals surface area contributed by atoms with Gasteiger partial charge in [0, 0.05) is 6.42 Å². The van der Waals surface area contributed by atoms with Crippen LogP contribution in [0.5, 0.6) is 0 Å². The molecule has 22 heavy (non-hydrogen) atoms. The molecule has 130 valence electrons. The summed E-state index contributed by atoms with van der Waals surface area (Å²) in [4.78, 5) is 14.2. The second-order valence-electron chi connectivity index (χ2n) is 5.16. The molecule has 0 N–H and O–H groups in total. The standard InChI is InChI=1S/C15H25Cl4NO2/c1-2-3-4-5-6-7-8-9-10-11-12(21)22-20-13(14(16)17)15(18)19/h14-15H,2-11H2,1H3. The maximum atomic E-state index is 11.5. The average molecular weight is 393 g/mol. The van der Waals surface area contributed by atoms with Crippen molar-refractivity contribution in [3.8, 4) is 0 Å². The molecule has 3 nitrogen and oxygen atoms in total. The monoisotopic (exact) mass is 391 g/mol. The van der Waals surface area contributed by atoms with Gasteiger partial charge in [0.05, 0.1) is 0 Å². The number of hydrogen-bond acceptors (Lipinski definition) is 3. The molecule has 0 aromatic carbocycles. The Hall–Kier alpha value is 0.300. The van der Waals surface area contributed by atoms with Crippen LogP contribution in [0.3, 0.4) is 0 Å². The van der Waals surface area contributed by atoms with Gasteiger partial charge < -0.3 is 4.84 Å². The molecule has 0 aliphatic carbocycles. The summed E-state index contributed by atoms with van der Waals surface area (Å²) in [6.45, 7) is 2.22. The van der Waals surface area contributed by atoms with E-state index in [1.165, 1.54) is 38.5 Å². The lowest BCUT2D eigenvalue weighted by Gasteiger charge is -2.06. The van der Waals surface area contributed by atoms with Crippen LogP contribution < -0.4 is 0 Å². The third-order valence-electron chi connectivity index (χ3n) is 3.18. The Morgan fingerprint density at radius 1 is 0.864 bits per heavy atom. The van der Waals surface area contributed by atoms with Crippen LogP contribution in [0.1, 0.15) is 71.1 Å². The second kappa shape index (κ2) is 14.9. The highest BCUT2D eigenvalue weighted by molar-refractivity contribution is 6.64. The minimum absolute atomic E-state index is 0.0205. The van der Waals surface area contributed by atoms with E-state index >= 15 is 0 Å². The first-order chi connectivity index (χ1) is 10.5. The van der Waals surface area contributed by atoms with Crippen LogP contribution in [0, 0.1) is 0 Å². The Balaban J connectivity index is 3.63. The maximum absolute atomic E-state index is 11.5. The summed E-state index contributed by atoms with van der Waals surface area (Å²) in [6.07, 6.45) is 11.0. The lowest BCUT2D eigenvalue weighted by molar-refractivity contribution is -0.143. The SMILES string of the molecule is CCCCCCCCCCCC(=O)ON=C(C(Cl)Cl)C(Cl)Cl. The van der Waals surface area contributed by atoms with Gasteiger partial charge in [-0.3, -0.25) is 0 Å². The van der Waals surface area contributed by atoms with Crippen LogP contribution in [-0.2, 0) is 9.63 Å². The number of nitrogens with zero attached hydrogens (tertiary/aromatic N) is 1. The molecule has 0 atom stereocenters. The van der Waals surface area contributed by atoms with Gasteiger partial charge in [-0.1, -0.05) is 110 Å². The molecule has 0 fully saturated rings. The smallest absolute Gasteiger partial charge is 0.318 e. The summed E-state index contributed by atoms with van der Waals surface area (Å²) >= 11 is 22.4. The van der Waals surface area contributed by atoms with Gasteiger partial charge in [-0.05, 0) is 6.42 Å². The normalized spacial score (nSPS) is 11.0. The fourth-order valence-electron chi connectivity index (χ4n) is 1.90. The van der Waals surface area contributed by atoms with Gasteiger partial charge in [0.25, 0.3) is 0 Å². The van der Waals surface area contributed by atoms with E-state index in [-0.39, 0.29) is 5.71 Å². The number of oxime groups is 1. The Bertz CT molecular complexity index is 313. The lowest BCUT2D eigenvalue weighted by Crippen LogP contribution is -2.18. The Labute approximate surface area is 153 Å². The van der Waals surface area contributed by atoms with E-state index in [0.29, 0.717) is 6.42 Å². The number of hydrogen-bond donors (Lipinski definition) is 0. The third-order valence-corrected chi connectivity index (χ3v) is 4.08. The molecular weight excluding hydrogens is 368 g/mol. The van der Waals surface area contributed by atoms with E-state index in [4.69, 9.17) is 51.2 Å². The van der Waals surface area contributed by atoms with Crippen LogP contribution >= 0.6 is 46.4 Å². The summed E-state index contributed by atoms with van der Waals surface area (Å²) in [5.41, 5.74) is 0.0205. The first-order valence-electron chi connectivity index (χ1n) is 7.83. The number of carbonyl (C=O) groups is 1. The van der Waals surface area contributed by atoms with E-state index in [2.05, 4.69) is 12.1 Å². The Kier molecular flexibility index (Phi) is 15.1. The molecule has 0 radical (unpaired) electrons. The summed E-state index contributed by atoms with van der Waals surface area (Å²) < 4.78 is 0. The van der Waals surface area contributed by atoms with Crippen molar-refractivity contribution in [2.75, 3.05) is 0 Å². The number of alkyl halides is 4. The van der Waals surface area contributed by atoms with Gasteiger partial charge in [0.15, 0.2) is 9.67 Å². The van der Waals surface area contributed by atoms with E-state index in [1.807, 2.05) is 0 Å². The maximum Gasteiger partial charge on any atom is 0.335 e. The highest BCUT2D eigenvalue weighted by Gasteiger charge is 2.19. The van der Waals surface area contributed by atoms with Gasteiger partial charge >= 0.3 is 5.97 Å². The zero-order valence-corrected chi connectivity index (χ0v) is 16.0. The first kappa shape index (κ1) is 22.3. The fraction of sp³-hybridized carbons (Fsp3) is 0.867. The van der Waals surface area contributed by atoms with Crippen LogP contribution in [-0.4, -0.2) is 21.4 Å². The van der Waals surface area contributed by atoms with Gasteiger partial charge in [-0.25, -0.2) is 4.79 Å². The fourth-order valence-corrected chi connectivity index (χ4v) is 2.83. The minimum atomic E-state index is -1.000. The molecule has 0 saturated carbocycles. The third kappa shape index (κ3) is 12.8. The van der Waals surface area contributed by atoms with Gasteiger partial charge in [-0.2, -0.15) is 0 Å². The van der Waals surface area contributed by atoms with E-state index < -0.39 is 15.6 Å². The molecule has 0 saturated heterocycles. The molecule has 0 spiro atoms. The Morgan fingerprint density at radius 2 is 1.32 bits per heavy atom. The van der Waals surface area contributed by atoms with Crippen molar-refractivity contribution in [1.82, 2.24) is 0 Å². The summed E-state index contributed by atoms with van der Waals surface area (Å²) in [5.74, 6) is -0.427. The second-order valence-corrected chi connectivity index (χ2v) is 7.35. The molecule has 0 rings (SSSR count). The number of rotatable bonds is 13. The zero-order chi connectivity index (χ0) is 16.8. The van der Waals surface area contributed by atoms with E-state index in [9.17, 15) is 4.79 Å². The summed E-state index contributed by atoms with van der Waals surface area (Å²) in [7, 11) is 0. The van der Waals surface area contributed by atoms with Crippen molar-refractivity contribution in [3.63, 3.8) is 0 Å². The number of unbranched alkanes of at least 4 members (excludes halogenated alkanes) is 8. The molecule has 0 aromatic heterocycles. The van der Waals surface area contributed by atoms with Crippen LogP contribution in [0.25, 0.3) is 0 Å². The molecule has 0 amide bonds. The van der Waals surface area contributed by atoms with Crippen LogP contribution in [0.2, 0.25) is 0 Å². The summed E-state index contributed by atoms with van der Waals surface area (Å²) in [5, 5.41) is 3.52. The average Bonchev–Trinajstić information content (AvgIpc) is 2.45. The zero-order valence-electron chi connectivity index (χ0n) is 13.0. The lowest BCUT2D eigenvalue weighted by atomic mass is 10.1. The highest BCUT2D eigenvalue weighted by atomic mass is 35.5. The molecule has 7 heteroatoms. The Morgan fingerprint density at radius 3 is 1.77 bits per heavy atom. The summed E-state index contributed by atoms with van der Waals surface area (Å²) in [6, 6.07) is 0. The molecular formula is C15H25Cl4NO2. The van der Waals surface area contributed by atoms with Crippen molar-refractivity contribution in [1.29, 1.82) is 0 Å². The molecule has 0 aromatic rings. The van der Waals surface area contributed by atoms with Crippen molar-refractivity contribution < 1.29 is 9.63 Å². The molecule has 0 heterocycles. The van der Waals surface area contributed by atoms with Crippen molar-refractivity contribution in [2.45, 2.75) is 80.8 Å². The van der Waals surface area contributed by atoms with Crippen molar-refractivity contribution in [2.24, 2.45) is 5.16 Å². The van der Waals surface area contributed by atoms with Gasteiger partial charge in [0.2, 0.25) is 0 Å².